The van der Waals surface area contributed by atoms with E-state index in [0.29, 0.717) is 11.8 Å². The topological polar surface area (TPSA) is 79.9 Å². The molecule has 84 valence electrons. The molecule has 0 bridgehead atoms. The fourth-order valence-electron chi connectivity index (χ4n) is 1.38. The average Bonchev–Trinajstić information content (AvgIpc) is 2.39. The fourth-order valence-corrected chi connectivity index (χ4v) is 1.38. The van der Waals surface area contributed by atoms with E-state index < -0.39 is 11.3 Å². The van der Waals surface area contributed by atoms with Crippen LogP contribution in [-0.4, -0.2) is 22.0 Å². The van der Waals surface area contributed by atoms with Crippen molar-refractivity contribution in [2.75, 3.05) is 0 Å². The van der Waals surface area contributed by atoms with Crippen LogP contribution in [0.3, 0.4) is 0 Å². The molecule has 0 spiro atoms. The molecule has 0 atom stereocenters. The first-order chi connectivity index (χ1) is 8.22. The van der Waals surface area contributed by atoms with Crippen LogP contribution < -0.4 is 5.56 Å². The molecule has 0 amide bonds. The van der Waals surface area contributed by atoms with Crippen LogP contribution in [0, 0.1) is 0 Å². The van der Waals surface area contributed by atoms with Gasteiger partial charge in [0.25, 0.3) is 5.56 Å². The van der Waals surface area contributed by atoms with Crippen LogP contribution >= 0.6 is 0 Å². The minimum Gasteiger partial charge on any atom is -0.304 e. The molecule has 0 fully saturated rings. The number of rotatable bonds is 3. The molecule has 1 aromatic heterocycles. The molecular formula is C12H8N2O3. The smallest absolute Gasteiger partial charge is 0.262 e. The van der Waals surface area contributed by atoms with Crippen molar-refractivity contribution < 1.29 is 9.59 Å². The van der Waals surface area contributed by atoms with Gasteiger partial charge in [0.15, 0.2) is 17.9 Å². The van der Waals surface area contributed by atoms with Gasteiger partial charge in [-0.2, -0.15) is 0 Å². The van der Waals surface area contributed by atoms with E-state index in [0.717, 1.165) is 6.20 Å². The van der Waals surface area contributed by atoms with Crippen molar-refractivity contribution in [3.63, 3.8) is 0 Å². The van der Waals surface area contributed by atoms with Crippen molar-refractivity contribution >= 4 is 12.1 Å². The summed E-state index contributed by atoms with van der Waals surface area (Å²) in [4.78, 5) is 39.7. The molecular weight excluding hydrogens is 220 g/mol. The van der Waals surface area contributed by atoms with Crippen molar-refractivity contribution in [1.82, 2.24) is 9.97 Å². The highest BCUT2D eigenvalue weighted by Crippen LogP contribution is 2.04. The number of carbonyl (C=O) groups is 2. The highest BCUT2D eigenvalue weighted by atomic mass is 16.1. The Balaban J connectivity index is 2.45. The Hall–Kier alpha value is -2.56. The normalized spacial score (nSPS) is 9.88. The lowest BCUT2D eigenvalue weighted by atomic mass is 10.1. The van der Waals surface area contributed by atoms with Crippen LogP contribution in [0.15, 0.2) is 41.3 Å². The maximum atomic E-state index is 11.9. The predicted molar refractivity (Wildman–Crippen MR) is 60.1 cm³/mol. The van der Waals surface area contributed by atoms with E-state index in [1.165, 1.54) is 0 Å². The van der Waals surface area contributed by atoms with Gasteiger partial charge in [0, 0.05) is 11.8 Å². The number of hydrogen-bond acceptors (Lipinski definition) is 4. The Labute approximate surface area is 96.1 Å². The van der Waals surface area contributed by atoms with Crippen LogP contribution in [0.25, 0.3) is 0 Å². The van der Waals surface area contributed by atoms with Crippen LogP contribution in [0.4, 0.5) is 0 Å². The third-order valence-electron chi connectivity index (χ3n) is 2.21. The van der Waals surface area contributed by atoms with E-state index in [2.05, 4.69) is 9.97 Å². The SMILES string of the molecule is O=Cc1ncc(C(=O)c2ccccc2)c(=O)[nH]1. The maximum absolute atomic E-state index is 11.9. The number of aromatic nitrogens is 2. The van der Waals surface area contributed by atoms with E-state index in [4.69, 9.17) is 0 Å². The number of nitrogens with zero attached hydrogens (tertiary/aromatic N) is 1. The average molecular weight is 228 g/mol. The minimum absolute atomic E-state index is 0.0817. The number of aromatic amines is 1. The minimum atomic E-state index is -0.615. The Morgan fingerprint density at radius 1 is 1.24 bits per heavy atom. The fraction of sp³-hybridized carbons (Fsp3) is 0. The van der Waals surface area contributed by atoms with Crippen LogP contribution in [0.5, 0.6) is 0 Å². The molecule has 0 saturated heterocycles. The molecule has 2 rings (SSSR count). The Bertz CT molecular complexity index is 617. The van der Waals surface area contributed by atoms with Crippen molar-refractivity contribution in [2.45, 2.75) is 0 Å². The van der Waals surface area contributed by atoms with Gasteiger partial charge in [-0.3, -0.25) is 14.4 Å². The van der Waals surface area contributed by atoms with Crippen molar-refractivity contribution in [3.8, 4) is 0 Å². The van der Waals surface area contributed by atoms with E-state index in [9.17, 15) is 14.4 Å². The molecule has 17 heavy (non-hydrogen) atoms. The molecule has 0 unspecified atom stereocenters. The number of H-pyrrole nitrogens is 1. The largest absolute Gasteiger partial charge is 0.304 e. The number of aldehydes is 1. The van der Waals surface area contributed by atoms with Crippen LogP contribution in [0.1, 0.15) is 26.5 Å². The summed E-state index contributed by atoms with van der Waals surface area (Å²) in [5.41, 5.74) is -0.295. The maximum Gasteiger partial charge on any atom is 0.262 e. The third-order valence-corrected chi connectivity index (χ3v) is 2.21. The lowest BCUT2D eigenvalue weighted by Gasteiger charge is -1.99. The van der Waals surface area contributed by atoms with Gasteiger partial charge in [-0.15, -0.1) is 0 Å². The van der Waals surface area contributed by atoms with Gasteiger partial charge >= 0.3 is 0 Å². The summed E-state index contributed by atoms with van der Waals surface area (Å²) in [7, 11) is 0. The second-order valence-electron chi connectivity index (χ2n) is 3.32. The quantitative estimate of drug-likeness (QED) is 0.622. The van der Waals surface area contributed by atoms with Crippen molar-refractivity contribution in [3.05, 3.63) is 63.8 Å². The second-order valence-corrected chi connectivity index (χ2v) is 3.32. The van der Waals surface area contributed by atoms with Gasteiger partial charge in [-0.25, -0.2) is 4.98 Å². The number of carbonyl (C=O) groups excluding carboxylic acids is 2. The molecule has 2 aromatic rings. The molecule has 0 aliphatic carbocycles. The summed E-state index contributed by atoms with van der Waals surface area (Å²) in [6, 6.07) is 8.39. The van der Waals surface area contributed by atoms with E-state index >= 15 is 0 Å². The Morgan fingerprint density at radius 3 is 2.53 bits per heavy atom. The standard InChI is InChI=1S/C12H8N2O3/c15-7-10-13-6-9(12(17)14-10)11(16)8-4-2-1-3-5-8/h1-7H,(H,13,14,17). The first kappa shape index (κ1) is 10.9. The highest BCUT2D eigenvalue weighted by Gasteiger charge is 2.13. The zero-order valence-electron chi connectivity index (χ0n) is 8.71. The van der Waals surface area contributed by atoms with Gasteiger partial charge in [0.2, 0.25) is 0 Å². The number of nitrogens with one attached hydrogen (secondary N) is 1. The van der Waals surface area contributed by atoms with Gasteiger partial charge < -0.3 is 4.98 Å². The molecule has 5 nitrogen and oxygen atoms in total. The van der Waals surface area contributed by atoms with Gasteiger partial charge in [-0.1, -0.05) is 30.3 Å². The first-order valence-corrected chi connectivity index (χ1v) is 4.86. The number of hydrogen-bond donors (Lipinski definition) is 1. The molecule has 0 aliphatic rings. The zero-order chi connectivity index (χ0) is 12.3. The van der Waals surface area contributed by atoms with Crippen molar-refractivity contribution in [1.29, 1.82) is 0 Å². The zero-order valence-corrected chi connectivity index (χ0v) is 8.71. The highest BCUT2D eigenvalue weighted by molar-refractivity contribution is 6.08. The lowest BCUT2D eigenvalue weighted by Crippen LogP contribution is -2.20. The summed E-state index contributed by atoms with van der Waals surface area (Å²) in [6.07, 6.45) is 1.52. The van der Waals surface area contributed by atoms with E-state index in [-0.39, 0.29) is 11.4 Å². The third kappa shape index (κ3) is 2.17. The van der Waals surface area contributed by atoms with E-state index in [1.807, 2.05) is 0 Å². The number of ketones is 1. The lowest BCUT2D eigenvalue weighted by molar-refractivity contribution is 0.103. The Morgan fingerprint density at radius 2 is 1.94 bits per heavy atom. The summed E-state index contributed by atoms with van der Waals surface area (Å²) < 4.78 is 0. The summed E-state index contributed by atoms with van der Waals surface area (Å²) in [5.74, 6) is -0.517. The van der Waals surface area contributed by atoms with Gasteiger partial charge in [0.1, 0.15) is 5.56 Å². The molecule has 5 heteroatoms. The molecule has 0 saturated carbocycles. The van der Waals surface area contributed by atoms with Crippen molar-refractivity contribution in [2.24, 2.45) is 0 Å². The van der Waals surface area contributed by atoms with Crippen LogP contribution in [0.2, 0.25) is 0 Å². The molecule has 1 heterocycles. The summed E-state index contributed by atoms with van der Waals surface area (Å²) in [6.45, 7) is 0. The first-order valence-electron chi connectivity index (χ1n) is 4.86. The monoisotopic (exact) mass is 228 g/mol. The summed E-state index contributed by atoms with van der Waals surface area (Å²) in [5, 5.41) is 0. The van der Waals surface area contributed by atoms with Crippen LogP contribution in [-0.2, 0) is 0 Å². The Kier molecular flexibility index (Phi) is 2.91. The predicted octanol–water partition coefficient (Wildman–Crippen LogP) is 0.813. The molecule has 1 aromatic carbocycles. The van der Waals surface area contributed by atoms with Gasteiger partial charge in [-0.05, 0) is 0 Å². The number of benzene rings is 1. The molecule has 1 N–H and O–H groups in total. The second kappa shape index (κ2) is 4.52. The van der Waals surface area contributed by atoms with Gasteiger partial charge in [0.05, 0.1) is 0 Å². The molecule has 0 radical (unpaired) electrons. The molecule has 0 aliphatic heterocycles. The summed E-state index contributed by atoms with van der Waals surface area (Å²) >= 11 is 0. The van der Waals surface area contributed by atoms with E-state index in [1.54, 1.807) is 30.3 Å².